The highest BCUT2D eigenvalue weighted by molar-refractivity contribution is 6.18. The largest absolute Gasteiger partial charge is 0.390 e. The molecule has 0 atom stereocenters. The zero-order chi connectivity index (χ0) is 10.3. The third kappa shape index (κ3) is 9.70. The first kappa shape index (κ1) is 12.8. The fourth-order valence-corrected chi connectivity index (χ4v) is 0.852. The number of hydrogen-bond donors (Lipinski definition) is 0. The summed E-state index contributed by atoms with van der Waals surface area (Å²) in [7, 11) is 1.64. The van der Waals surface area contributed by atoms with E-state index in [2.05, 4.69) is 0 Å². The second-order valence-electron chi connectivity index (χ2n) is 2.75. The first-order chi connectivity index (χ1) is 5.95. The number of hydrogen-bond acceptors (Lipinski definition) is 1. The van der Waals surface area contributed by atoms with Gasteiger partial charge in [-0.2, -0.15) is 13.2 Å². The van der Waals surface area contributed by atoms with Gasteiger partial charge in [-0.05, 0) is 7.05 Å². The van der Waals surface area contributed by atoms with Crippen LogP contribution < -0.4 is 0 Å². The summed E-state index contributed by atoms with van der Waals surface area (Å²) in [5.41, 5.74) is 0. The minimum atomic E-state index is -4.07. The van der Waals surface area contributed by atoms with E-state index >= 15 is 0 Å². The third-order valence-corrected chi connectivity index (χ3v) is 1.63. The van der Waals surface area contributed by atoms with Crippen LogP contribution in [0.25, 0.3) is 0 Å². The topological polar surface area (TPSA) is 3.24 Å². The van der Waals surface area contributed by atoms with Crippen LogP contribution >= 0.6 is 11.6 Å². The van der Waals surface area contributed by atoms with E-state index in [0.29, 0.717) is 12.4 Å². The second kappa shape index (κ2) is 6.27. The van der Waals surface area contributed by atoms with Crippen molar-refractivity contribution in [1.82, 2.24) is 4.90 Å². The van der Waals surface area contributed by atoms with Crippen LogP contribution in [-0.2, 0) is 0 Å². The monoisotopic (exact) mass is 215 g/mol. The van der Waals surface area contributed by atoms with E-state index in [1.54, 1.807) is 24.1 Å². The molecule has 0 saturated carbocycles. The first-order valence-electron chi connectivity index (χ1n) is 3.92. The maximum Gasteiger partial charge on any atom is 0.390 e. The van der Waals surface area contributed by atoms with Crippen molar-refractivity contribution in [1.29, 1.82) is 0 Å². The molecule has 0 radical (unpaired) electrons. The number of rotatable bonds is 5. The molecule has 0 aromatic carbocycles. The van der Waals surface area contributed by atoms with Gasteiger partial charge in [0.2, 0.25) is 0 Å². The van der Waals surface area contributed by atoms with Crippen molar-refractivity contribution >= 4 is 11.6 Å². The lowest BCUT2D eigenvalue weighted by molar-refractivity contribution is -0.137. The molecule has 0 spiro atoms. The number of likely N-dealkylation sites (N-methyl/N-ethyl adjacent to an activating group) is 1. The summed E-state index contributed by atoms with van der Waals surface area (Å²) in [6.07, 6.45) is -1.36. The van der Waals surface area contributed by atoms with Gasteiger partial charge in [0.15, 0.2) is 0 Å². The quantitative estimate of drug-likeness (QED) is 0.504. The van der Waals surface area contributed by atoms with E-state index in [-0.39, 0.29) is 6.54 Å². The van der Waals surface area contributed by atoms with E-state index in [1.807, 2.05) is 0 Å². The summed E-state index contributed by atoms with van der Waals surface area (Å²) < 4.78 is 35.2. The molecule has 0 aliphatic carbocycles. The lowest BCUT2D eigenvalue weighted by Crippen LogP contribution is -2.24. The molecule has 0 saturated heterocycles. The van der Waals surface area contributed by atoms with Crippen LogP contribution in [-0.4, -0.2) is 37.1 Å². The van der Waals surface area contributed by atoms with Crippen LogP contribution in [0, 0.1) is 0 Å². The van der Waals surface area contributed by atoms with Gasteiger partial charge in [-0.25, -0.2) is 0 Å². The Morgan fingerprint density at radius 1 is 1.31 bits per heavy atom. The summed E-state index contributed by atoms with van der Waals surface area (Å²) in [5, 5.41) is 0. The molecular formula is C8H13ClF3N. The number of allylic oxidation sites excluding steroid dienone is 1. The van der Waals surface area contributed by atoms with Gasteiger partial charge in [0.05, 0.1) is 6.42 Å². The molecule has 13 heavy (non-hydrogen) atoms. The van der Waals surface area contributed by atoms with Crippen molar-refractivity contribution in [2.45, 2.75) is 12.6 Å². The average Bonchev–Trinajstić information content (AvgIpc) is 2.00. The molecule has 0 bridgehead atoms. The number of nitrogens with zero attached hydrogens (tertiary/aromatic N) is 1. The first-order valence-corrected chi connectivity index (χ1v) is 4.45. The predicted octanol–water partition coefficient (Wildman–Crippen LogP) is 2.67. The molecule has 5 heteroatoms. The summed E-state index contributed by atoms with van der Waals surface area (Å²) in [5.74, 6) is 0.396. The van der Waals surface area contributed by atoms with Crippen molar-refractivity contribution in [2.24, 2.45) is 0 Å². The zero-order valence-electron chi connectivity index (χ0n) is 7.44. The molecule has 0 fully saturated rings. The van der Waals surface area contributed by atoms with Gasteiger partial charge < -0.3 is 4.90 Å². The average molecular weight is 216 g/mol. The molecule has 0 unspecified atom stereocenters. The van der Waals surface area contributed by atoms with E-state index in [4.69, 9.17) is 11.6 Å². The van der Waals surface area contributed by atoms with Crippen LogP contribution in [0.5, 0.6) is 0 Å². The van der Waals surface area contributed by atoms with Gasteiger partial charge in [0.1, 0.15) is 0 Å². The highest BCUT2D eigenvalue weighted by atomic mass is 35.5. The Kier molecular flexibility index (Phi) is 6.16. The Labute approximate surface area is 81.2 Å². The normalized spacial score (nSPS) is 13.1. The Morgan fingerprint density at radius 2 is 1.92 bits per heavy atom. The van der Waals surface area contributed by atoms with Gasteiger partial charge in [-0.1, -0.05) is 12.2 Å². The molecule has 0 N–H and O–H groups in total. The maximum absolute atomic E-state index is 11.7. The predicted molar refractivity (Wildman–Crippen MR) is 48.0 cm³/mol. The molecule has 78 valence electrons. The number of halogens is 4. The molecule has 0 aromatic heterocycles. The lowest BCUT2D eigenvalue weighted by atomic mass is 10.4. The minimum Gasteiger partial charge on any atom is -0.302 e. The Morgan fingerprint density at radius 3 is 2.38 bits per heavy atom. The molecule has 0 amide bonds. The maximum atomic E-state index is 11.7. The van der Waals surface area contributed by atoms with E-state index < -0.39 is 12.6 Å². The summed E-state index contributed by atoms with van der Waals surface area (Å²) in [4.78, 5) is 1.59. The molecule has 0 aliphatic heterocycles. The third-order valence-electron chi connectivity index (χ3n) is 1.45. The molecule has 1 nitrogen and oxygen atoms in total. The van der Waals surface area contributed by atoms with E-state index in [0.717, 1.165) is 0 Å². The Bertz CT molecular complexity index is 156. The fourth-order valence-electron chi connectivity index (χ4n) is 0.726. The van der Waals surface area contributed by atoms with Crippen LogP contribution in [0.1, 0.15) is 6.42 Å². The minimum absolute atomic E-state index is 0.0239. The molecule has 0 aromatic rings. The highest BCUT2D eigenvalue weighted by Crippen LogP contribution is 2.19. The van der Waals surface area contributed by atoms with Crippen molar-refractivity contribution in [3.8, 4) is 0 Å². The highest BCUT2D eigenvalue weighted by Gasteiger charge is 2.26. The summed E-state index contributed by atoms with van der Waals surface area (Å²) in [6, 6.07) is 0. The van der Waals surface area contributed by atoms with Crippen molar-refractivity contribution in [3.05, 3.63) is 12.2 Å². The van der Waals surface area contributed by atoms with Gasteiger partial charge in [0, 0.05) is 19.0 Å². The van der Waals surface area contributed by atoms with Gasteiger partial charge >= 0.3 is 6.18 Å². The van der Waals surface area contributed by atoms with Crippen molar-refractivity contribution in [2.75, 3.05) is 26.0 Å². The second-order valence-corrected chi connectivity index (χ2v) is 3.06. The smallest absolute Gasteiger partial charge is 0.302 e. The van der Waals surface area contributed by atoms with Gasteiger partial charge in [-0.3, -0.25) is 0 Å². The van der Waals surface area contributed by atoms with E-state index in [9.17, 15) is 13.2 Å². The number of alkyl halides is 4. The summed E-state index contributed by atoms with van der Waals surface area (Å²) >= 11 is 5.35. The molecule has 0 rings (SSSR count). The Balaban J connectivity index is 3.51. The molecule has 0 heterocycles. The van der Waals surface area contributed by atoms with Crippen LogP contribution in [0.15, 0.2) is 12.2 Å². The van der Waals surface area contributed by atoms with Gasteiger partial charge in [-0.15, -0.1) is 11.6 Å². The van der Waals surface area contributed by atoms with E-state index in [1.165, 1.54) is 0 Å². The van der Waals surface area contributed by atoms with Gasteiger partial charge in [0.25, 0.3) is 0 Å². The SMILES string of the molecule is CN(CC=CCCl)CCC(F)(F)F. The Hall–Kier alpha value is -0.220. The van der Waals surface area contributed by atoms with Crippen LogP contribution in [0.3, 0.4) is 0 Å². The molecule has 0 aliphatic rings. The molecular weight excluding hydrogens is 203 g/mol. The van der Waals surface area contributed by atoms with Crippen LogP contribution in [0.4, 0.5) is 13.2 Å². The summed E-state index contributed by atoms with van der Waals surface area (Å²) in [6.45, 7) is 0.527. The van der Waals surface area contributed by atoms with Crippen LogP contribution in [0.2, 0.25) is 0 Å². The lowest BCUT2D eigenvalue weighted by Gasteiger charge is -2.15. The fraction of sp³-hybridized carbons (Fsp3) is 0.750. The van der Waals surface area contributed by atoms with Crippen molar-refractivity contribution < 1.29 is 13.2 Å². The van der Waals surface area contributed by atoms with Crippen molar-refractivity contribution in [3.63, 3.8) is 0 Å². The standard InChI is InChI=1S/C8H13ClF3N/c1-13(6-3-2-5-9)7-4-8(10,11)12/h2-3H,4-7H2,1H3. The zero-order valence-corrected chi connectivity index (χ0v) is 8.20.